The van der Waals surface area contributed by atoms with Gasteiger partial charge in [0.25, 0.3) is 0 Å². The minimum atomic E-state index is -0.879. The van der Waals surface area contributed by atoms with Crippen LogP contribution in [0.15, 0.2) is 27.8 Å². The van der Waals surface area contributed by atoms with Gasteiger partial charge >= 0.3 is 5.97 Å². The number of rotatable bonds is 2. The number of carbonyl (C=O) groups is 1. The molecule has 1 aromatic carbocycles. The number of hydrazone groups is 1. The summed E-state index contributed by atoms with van der Waals surface area (Å²) in [5, 5.41) is 14.9. The predicted octanol–water partition coefficient (Wildman–Crippen LogP) is 3.13. The fourth-order valence-corrected chi connectivity index (χ4v) is 2.84. The number of aliphatic carboxylic acids is 1. The van der Waals surface area contributed by atoms with Crippen LogP contribution in [0.5, 0.6) is 0 Å². The lowest BCUT2D eigenvalue weighted by Gasteiger charge is -2.21. The molecule has 0 saturated heterocycles. The van der Waals surface area contributed by atoms with Crippen molar-refractivity contribution in [2.45, 2.75) is 19.4 Å². The van der Waals surface area contributed by atoms with Crippen molar-refractivity contribution < 1.29 is 9.90 Å². The molecule has 0 saturated carbocycles. The highest BCUT2D eigenvalue weighted by Crippen LogP contribution is 2.33. The van der Waals surface area contributed by atoms with Crippen molar-refractivity contribution in [3.63, 3.8) is 0 Å². The number of hydrogen-bond donors (Lipinski definition) is 1. The van der Waals surface area contributed by atoms with Crippen molar-refractivity contribution in [1.82, 2.24) is 0 Å². The number of anilines is 1. The number of hydrogen-bond acceptors (Lipinski definition) is 3. The van der Waals surface area contributed by atoms with Gasteiger partial charge in [0.1, 0.15) is 4.62 Å². The summed E-state index contributed by atoms with van der Waals surface area (Å²) in [6, 6.07) is 5.09. The zero-order valence-electron chi connectivity index (χ0n) is 9.02. The molecule has 0 spiro atoms. The van der Waals surface area contributed by atoms with E-state index in [1.54, 1.807) is 0 Å². The molecule has 0 bridgehead atoms. The Kier molecular flexibility index (Phi) is 3.53. The van der Waals surface area contributed by atoms with E-state index in [1.165, 1.54) is 5.01 Å². The van der Waals surface area contributed by atoms with Crippen LogP contribution in [0.2, 0.25) is 0 Å². The average Bonchev–Trinajstić information content (AvgIpc) is 2.60. The summed E-state index contributed by atoms with van der Waals surface area (Å²) in [5.74, 6) is -0.879. The van der Waals surface area contributed by atoms with Crippen LogP contribution < -0.4 is 5.01 Å². The number of benzene rings is 1. The molecule has 1 aliphatic heterocycles. The lowest BCUT2D eigenvalue weighted by Crippen LogP contribution is -2.34. The number of halogens is 2. The number of carboxylic acid groups (broad SMARTS) is 1. The van der Waals surface area contributed by atoms with Gasteiger partial charge in [-0.25, -0.2) is 9.80 Å². The fourth-order valence-electron chi connectivity index (χ4n) is 1.68. The van der Waals surface area contributed by atoms with E-state index in [-0.39, 0.29) is 0 Å². The molecule has 1 unspecified atom stereocenters. The first kappa shape index (κ1) is 12.6. The molecule has 17 heavy (non-hydrogen) atoms. The third-order valence-electron chi connectivity index (χ3n) is 2.51. The fraction of sp³-hybridized carbons (Fsp3) is 0.273. The van der Waals surface area contributed by atoms with Crippen LogP contribution in [0.4, 0.5) is 5.69 Å². The molecule has 1 aromatic rings. The van der Waals surface area contributed by atoms with E-state index in [0.717, 1.165) is 15.7 Å². The monoisotopic (exact) mass is 360 g/mol. The summed E-state index contributed by atoms with van der Waals surface area (Å²) in [6.07, 6.45) is 0.385. The summed E-state index contributed by atoms with van der Waals surface area (Å²) in [4.78, 5) is 11.2. The molecule has 0 amide bonds. The van der Waals surface area contributed by atoms with Crippen LogP contribution in [-0.2, 0) is 4.79 Å². The van der Waals surface area contributed by atoms with Crippen molar-refractivity contribution in [2.24, 2.45) is 5.10 Å². The molecule has 1 N–H and O–H groups in total. The number of aryl methyl sites for hydroxylation is 1. The van der Waals surface area contributed by atoms with Crippen molar-refractivity contribution in [3.8, 4) is 0 Å². The highest BCUT2D eigenvalue weighted by atomic mass is 79.9. The average molecular weight is 362 g/mol. The van der Waals surface area contributed by atoms with Gasteiger partial charge in [-0.3, -0.25) is 0 Å². The maximum Gasteiger partial charge on any atom is 0.328 e. The Bertz CT molecular complexity index is 502. The summed E-state index contributed by atoms with van der Waals surface area (Å²) < 4.78 is 1.49. The molecular weight excluding hydrogens is 352 g/mol. The summed E-state index contributed by atoms with van der Waals surface area (Å²) in [5.41, 5.74) is 1.87. The van der Waals surface area contributed by atoms with E-state index in [2.05, 4.69) is 37.0 Å². The second-order valence-electron chi connectivity index (χ2n) is 3.83. The standard InChI is InChI=1S/C11H10Br2N2O2/c1-6-2-3-8(7(12)4-6)15-9(11(16)17)5-10(13)14-15/h2-4,9H,5H2,1H3,(H,16,17). The smallest absolute Gasteiger partial charge is 0.328 e. The zero-order valence-corrected chi connectivity index (χ0v) is 12.2. The normalized spacial score (nSPS) is 19.4. The maximum atomic E-state index is 11.2. The van der Waals surface area contributed by atoms with Crippen molar-refractivity contribution in [3.05, 3.63) is 28.2 Å². The quantitative estimate of drug-likeness (QED) is 0.880. The Morgan fingerprint density at radius 2 is 2.24 bits per heavy atom. The minimum absolute atomic E-state index is 0.385. The lowest BCUT2D eigenvalue weighted by molar-refractivity contribution is -0.138. The summed E-state index contributed by atoms with van der Waals surface area (Å²) in [7, 11) is 0. The highest BCUT2D eigenvalue weighted by molar-refractivity contribution is 9.18. The second kappa shape index (κ2) is 4.78. The molecule has 2 rings (SSSR count). The van der Waals surface area contributed by atoms with Gasteiger partial charge in [0.15, 0.2) is 6.04 Å². The van der Waals surface area contributed by atoms with Crippen molar-refractivity contribution >= 4 is 48.1 Å². The van der Waals surface area contributed by atoms with Gasteiger partial charge in [-0.15, -0.1) is 0 Å². The van der Waals surface area contributed by atoms with Crippen LogP contribution in [-0.4, -0.2) is 21.7 Å². The molecule has 0 radical (unpaired) electrons. The largest absolute Gasteiger partial charge is 0.480 e. The molecule has 90 valence electrons. The maximum absolute atomic E-state index is 11.2. The topological polar surface area (TPSA) is 52.9 Å². The minimum Gasteiger partial charge on any atom is -0.480 e. The van der Waals surface area contributed by atoms with Crippen LogP contribution in [0.1, 0.15) is 12.0 Å². The first-order chi connectivity index (χ1) is 7.99. The van der Waals surface area contributed by atoms with E-state index in [9.17, 15) is 4.79 Å². The van der Waals surface area contributed by atoms with E-state index >= 15 is 0 Å². The molecule has 0 aromatic heterocycles. The molecule has 1 heterocycles. The Hall–Kier alpha value is -0.880. The highest BCUT2D eigenvalue weighted by Gasteiger charge is 2.33. The van der Waals surface area contributed by atoms with Gasteiger partial charge in [0, 0.05) is 10.9 Å². The van der Waals surface area contributed by atoms with Crippen LogP contribution in [0.3, 0.4) is 0 Å². The zero-order chi connectivity index (χ0) is 12.6. The van der Waals surface area contributed by atoms with Gasteiger partial charge in [-0.2, -0.15) is 5.10 Å². The van der Waals surface area contributed by atoms with Crippen LogP contribution in [0.25, 0.3) is 0 Å². The van der Waals surface area contributed by atoms with Gasteiger partial charge in [0.2, 0.25) is 0 Å². The SMILES string of the molecule is Cc1ccc(N2N=C(Br)CC2C(=O)O)c(Br)c1. The lowest BCUT2D eigenvalue weighted by atomic mass is 10.2. The number of nitrogens with zero attached hydrogens (tertiary/aromatic N) is 2. The number of carboxylic acids is 1. The molecule has 0 aliphatic carbocycles. The Labute approximate surface area is 116 Å². The first-order valence-electron chi connectivity index (χ1n) is 5.00. The van der Waals surface area contributed by atoms with Gasteiger partial charge < -0.3 is 5.11 Å². The molecule has 4 nitrogen and oxygen atoms in total. The molecule has 0 fully saturated rings. The molecular formula is C11H10Br2N2O2. The Morgan fingerprint density at radius 1 is 1.53 bits per heavy atom. The van der Waals surface area contributed by atoms with Gasteiger partial charge in [-0.05, 0) is 56.5 Å². The molecule has 6 heteroatoms. The predicted molar refractivity (Wildman–Crippen MR) is 73.8 cm³/mol. The molecule has 1 atom stereocenters. The van der Waals surface area contributed by atoms with Gasteiger partial charge in [-0.1, -0.05) is 6.07 Å². The van der Waals surface area contributed by atoms with Crippen molar-refractivity contribution in [1.29, 1.82) is 0 Å². The third-order valence-corrected chi connectivity index (χ3v) is 3.63. The first-order valence-corrected chi connectivity index (χ1v) is 6.59. The third kappa shape index (κ3) is 2.52. The van der Waals surface area contributed by atoms with E-state index in [1.807, 2.05) is 25.1 Å². The van der Waals surface area contributed by atoms with Crippen molar-refractivity contribution in [2.75, 3.05) is 5.01 Å². The summed E-state index contributed by atoms with van der Waals surface area (Å²) >= 11 is 6.69. The van der Waals surface area contributed by atoms with Gasteiger partial charge in [0.05, 0.1) is 5.69 Å². The van der Waals surface area contributed by atoms with E-state index in [4.69, 9.17) is 5.11 Å². The van der Waals surface area contributed by atoms with E-state index in [0.29, 0.717) is 11.0 Å². The Balaban J connectivity index is 2.41. The van der Waals surface area contributed by atoms with E-state index < -0.39 is 12.0 Å². The van der Waals surface area contributed by atoms with Crippen LogP contribution >= 0.6 is 31.9 Å². The molecule has 1 aliphatic rings. The second-order valence-corrected chi connectivity index (χ2v) is 5.60. The van der Waals surface area contributed by atoms with Crippen LogP contribution in [0, 0.1) is 6.92 Å². The summed E-state index contributed by atoms with van der Waals surface area (Å²) in [6.45, 7) is 1.98. The Morgan fingerprint density at radius 3 is 2.82 bits per heavy atom.